The van der Waals surface area contributed by atoms with Crippen molar-refractivity contribution in [3.05, 3.63) is 29.3 Å². The fraction of sp³-hybridized carbons (Fsp3) is 0.700. The van der Waals surface area contributed by atoms with E-state index in [9.17, 15) is 5.11 Å². The molecule has 1 aromatic carbocycles. The second kappa shape index (κ2) is 11.7. The number of phenols is 1. The van der Waals surface area contributed by atoms with Gasteiger partial charge in [-0.1, -0.05) is 83.4 Å². The number of para-hydroxylation sites is 1. The smallest absolute Gasteiger partial charge is 0.121 e. The van der Waals surface area contributed by atoms with Crippen molar-refractivity contribution in [3.8, 4) is 5.75 Å². The normalized spacial score (nSPS) is 11.0. The molecule has 120 valence electrons. The molecular formula is C20H34O. The highest BCUT2D eigenvalue weighted by Gasteiger charge is 2.06. The third kappa shape index (κ3) is 7.55. The molecule has 0 saturated heterocycles. The molecule has 0 saturated carbocycles. The van der Waals surface area contributed by atoms with Gasteiger partial charge in [-0.25, -0.2) is 0 Å². The van der Waals surface area contributed by atoms with Crippen LogP contribution in [0, 0.1) is 0 Å². The van der Waals surface area contributed by atoms with Crippen LogP contribution in [-0.2, 0) is 12.8 Å². The van der Waals surface area contributed by atoms with E-state index >= 15 is 0 Å². The second-order valence-corrected chi connectivity index (χ2v) is 6.25. The highest BCUT2D eigenvalue weighted by atomic mass is 16.3. The Morgan fingerprint density at radius 2 is 1.10 bits per heavy atom. The number of hydrogen-bond acceptors (Lipinski definition) is 1. The summed E-state index contributed by atoms with van der Waals surface area (Å²) in [6, 6.07) is 6.30. The van der Waals surface area contributed by atoms with Crippen molar-refractivity contribution in [2.45, 2.75) is 90.9 Å². The van der Waals surface area contributed by atoms with Gasteiger partial charge in [-0.3, -0.25) is 0 Å². The molecular weight excluding hydrogens is 256 g/mol. The predicted molar refractivity (Wildman–Crippen MR) is 93.0 cm³/mol. The number of aryl methyl sites for hydroxylation is 2. The number of unbranched alkanes of at least 4 members (excludes halogenated alkanes) is 8. The van der Waals surface area contributed by atoms with Crippen molar-refractivity contribution in [2.24, 2.45) is 0 Å². The average molecular weight is 290 g/mol. The first kappa shape index (κ1) is 18.1. The summed E-state index contributed by atoms with van der Waals surface area (Å²) in [6.07, 6.45) is 14.9. The standard InChI is InChI=1S/C20H34O/c1-3-5-7-9-11-14-18-16-13-17-19(20(18)21)15-12-10-8-6-4-2/h13,16-17,21H,3-12,14-15H2,1-2H3. The third-order valence-corrected chi connectivity index (χ3v) is 4.30. The molecule has 21 heavy (non-hydrogen) atoms. The minimum absolute atomic E-state index is 0.573. The van der Waals surface area contributed by atoms with Gasteiger partial charge in [-0.05, 0) is 36.8 Å². The van der Waals surface area contributed by atoms with Gasteiger partial charge in [-0.15, -0.1) is 0 Å². The van der Waals surface area contributed by atoms with E-state index in [2.05, 4.69) is 32.0 Å². The Bertz CT molecular complexity index is 338. The first-order chi connectivity index (χ1) is 10.3. The Balaban J connectivity index is 2.35. The molecule has 1 aromatic rings. The second-order valence-electron chi connectivity index (χ2n) is 6.25. The maximum absolute atomic E-state index is 10.4. The highest BCUT2D eigenvalue weighted by Crippen LogP contribution is 2.26. The highest BCUT2D eigenvalue weighted by molar-refractivity contribution is 5.40. The van der Waals surface area contributed by atoms with Crippen LogP contribution in [-0.4, -0.2) is 5.11 Å². The Morgan fingerprint density at radius 3 is 1.52 bits per heavy atom. The maximum atomic E-state index is 10.4. The zero-order chi connectivity index (χ0) is 15.3. The molecule has 0 aliphatic heterocycles. The van der Waals surface area contributed by atoms with E-state index in [0.29, 0.717) is 5.75 Å². The average Bonchev–Trinajstić information content (AvgIpc) is 2.50. The first-order valence-electron chi connectivity index (χ1n) is 9.09. The molecule has 0 radical (unpaired) electrons. The number of benzene rings is 1. The van der Waals surface area contributed by atoms with E-state index in [1.54, 1.807) is 0 Å². The van der Waals surface area contributed by atoms with Crippen molar-refractivity contribution in [1.82, 2.24) is 0 Å². The van der Waals surface area contributed by atoms with Crippen LogP contribution in [0.1, 0.15) is 89.2 Å². The molecule has 0 unspecified atom stereocenters. The Morgan fingerprint density at radius 1 is 0.667 bits per heavy atom. The summed E-state index contributed by atoms with van der Waals surface area (Å²) in [5.41, 5.74) is 2.30. The summed E-state index contributed by atoms with van der Waals surface area (Å²) in [7, 11) is 0. The fourth-order valence-electron chi connectivity index (χ4n) is 2.89. The van der Waals surface area contributed by atoms with Crippen LogP contribution in [0.4, 0.5) is 0 Å². The SMILES string of the molecule is CCCCCCCc1cccc(CCCCCCC)c1O. The lowest BCUT2D eigenvalue weighted by Gasteiger charge is -2.10. The topological polar surface area (TPSA) is 20.2 Å². The van der Waals surface area contributed by atoms with Crippen LogP contribution in [0.3, 0.4) is 0 Å². The summed E-state index contributed by atoms with van der Waals surface area (Å²) in [6.45, 7) is 4.49. The fourth-order valence-corrected chi connectivity index (χ4v) is 2.89. The molecule has 1 heteroatoms. The van der Waals surface area contributed by atoms with E-state index in [0.717, 1.165) is 24.0 Å². The van der Waals surface area contributed by atoms with E-state index in [1.165, 1.54) is 64.2 Å². The molecule has 0 aromatic heterocycles. The number of phenolic OH excluding ortho intramolecular Hbond substituents is 1. The number of aromatic hydroxyl groups is 1. The molecule has 0 amide bonds. The van der Waals surface area contributed by atoms with Crippen LogP contribution in [0.2, 0.25) is 0 Å². The molecule has 0 fully saturated rings. The Kier molecular flexibility index (Phi) is 10.0. The summed E-state index contributed by atoms with van der Waals surface area (Å²) in [5, 5.41) is 10.4. The molecule has 0 atom stereocenters. The lowest BCUT2D eigenvalue weighted by atomic mass is 9.99. The van der Waals surface area contributed by atoms with Gasteiger partial charge < -0.3 is 5.11 Å². The molecule has 0 aliphatic rings. The van der Waals surface area contributed by atoms with Crippen LogP contribution < -0.4 is 0 Å². The van der Waals surface area contributed by atoms with Crippen LogP contribution in [0.15, 0.2) is 18.2 Å². The van der Waals surface area contributed by atoms with Crippen LogP contribution in [0.25, 0.3) is 0 Å². The zero-order valence-corrected chi connectivity index (χ0v) is 14.2. The monoisotopic (exact) mass is 290 g/mol. The lowest BCUT2D eigenvalue weighted by molar-refractivity contribution is 0.457. The molecule has 0 spiro atoms. The van der Waals surface area contributed by atoms with Gasteiger partial charge in [0.25, 0.3) is 0 Å². The maximum Gasteiger partial charge on any atom is 0.121 e. The zero-order valence-electron chi connectivity index (χ0n) is 14.2. The van der Waals surface area contributed by atoms with Gasteiger partial charge in [0.1, 0.15) is 5.75 Å². The van der Waals surface area contributed by atoms with Gasteiger partial charge in [0.05, 0.1) is 0 Å². The number of hydrogen-bond donors (Lipinski definition) is 1. The van der Waals surface area contributed by atoms with Gasteiger partial charge in [-0.2, -0.15) is 0 Å². The molecule has 0 aliphatic carbocycles. The van der Waals surface area contributed by atoms with Crippen molar-refractivity contribution < 1.29 is 5.11 Å². The lowest BCUT2D eigenvalue weighted by Crippen LogP contribution is -1.93. The van der Waals surface area contributed by atoms with Gasteiger partial charge in [0, 0.05) is 0 Å². The molecule has 1 rings (SSSR count). The van der Waals surface area contributed by atoms with E-state index in [-0.39, 0.29) is 0 Å². The summed E-state index contributed by atoms with van der Waals surface area (Å²) < 4.78 is 0. The van der Waals surface area contributed by atoms with E-state index in [1.807, 2.05) is 0 Å². The Labute approximate surface area is 131 Å². The predicted octanol–water partition coefficient (Wildman–Crippen LogP) is 6.42. The quantitative estimate of drug-likeness (QED) is 0.440. The minimum Gasteiger partial charge on any atom is -0.507 e. The van der Waals surface area contributed by atoms with Crippen molar-refractivity contribution in [2.75, 3.05) is 0 Å². The van der Waals surface area contributed by atoms with Crippen molar-refractivity contribution in [3.63, 3.8) is 0 Å². The molecule has 0 heterocycles. The summed E-state index contributed by atoms with van der Waals surface area (Å²) >= 11 is 0. The van der Waals surface area contributed by atoms with Gasteiger partial charge >= 0.3 is 0 Å². The van der Waals surface area contributed by atoms with Crippen molar-refractivity contribution in [1.29, 1.82) is 0 Å². The largest absolute Gasteiger partial charge is 0.507 e. The minimum atomic E-state index is 0.573. The van der Waals surface area contributed by atoms with Crippen molar-refractivity contribution >= 4 is 0 Å². The Hall–Kier alpha value is -0.980. The number of rotatable bonds is 12. The van der Waals surface area contributed by atoms with Gasteiger partial charge in [0.2, 0.25) is 0 Å². The van der Waals surface area contributed by atoms with Gasteiger partial charge in [0.15, 0.2) is 0 Å². The van der Waals surface area contributed by atoms with Crippen LogP contribution >= 0.6 is 0 Å². The van der Waals surface area contributed by atoms with Crippen LogP contribution in [0.5, 0.6) is 5.75 Å². The third-order valence-electron chi connectivity index (χ3n) is 4.30. The molecule has 1 nitrogen and oxygen atoms in total. The van der Waals surface area contributed by atoms with E-state index in [4.69, 9.17) is 0 Å². The summed E-state index contributed by atoms with van der Waals surface area (Å²) in [5.74, 6) is 0.573. The van der Waals surface area contributed by atoms with E-state index < -0.39 is 0 Å². The molecule has 1 N–H and O–H groups in total. The summed E-state index contributed by atoms with van der Waals surface area (Å²) in [4.78, 5) is 0. The first-order valence-corrected chi connectivity index (χ1v) is 9.09. The molecule has 0 bridgehead atoms.